The van der Waals surface area contributed by atoms with E-state index < -0.39 is 6.04 Å². The smallest absolute Gasteiger partial charge is 0.247 e. The van der Waals surface area contributed by atoms with Crippen LogP contribution >= 0.6 is 0 Å². The minimum Gasteiger partial charge on any atom is -0.354 e. The number of hydrogen-bond donors (Lipinski definition) is 1. The van der Waals surface area contributed by atoms with E-state index in [4.69, 9.17) is 0 Å². The molecule has 1 atom stereocenters. The number of carbonyl (C=O) groups is 2. The van der Waals surface area contributed by atoms with Gasteiger partial charge in [0, 0.05) is 13.1 Å². The number of carbonyl (C=O) groups excluding carboxylic acids is 2. The molecule has 0 unspecified atom stereocenters. The van der Waals surface area contributed by atoms with Crippen molar-refractivity contribution in [1.82, 2.24) is 25.2 Å². The Morgan fingerprint density at radius 3 is 2.39 bits per heavy atom. The largest absolute Gasteiger partial charge is 0.354 e. The predicted octanol–water partition coefficient (Wildman–Crippen LogP) is 5.02. The Labute approximate surface area is 224 Å². The molecule has 0 spiro atoms. The number of rotatable bonds is 11. The first kappa shape index (κ1) is 27.0. The van der Waals surface area contributed by atoms with Gasteiger partial charge in [-0.15, -0.1) is 5.10 Å². The maximum Gasteiger partial charge on any atom is 0.247 e. The van der Waals surface area contributed by atoms with Crippen LogP contribution in [0.15, 0.2) is 72.8 Å². The molecule has 3 aromatic carbocycles. The van der Waals surface area contributed by atoms with Crippen molar-refractivity contribution in [2.45, 2.75) is 53.1 Å². The van der Waals surface area contributed by atoms with E-state index in [2.05, 4.69) is 48.5 Å². The Morgan fingerprint density at radius 1 is 0.947 bits per heavy atom. The Hall–Kier alpha value is -4.00. The van der Waals surface area contributed by atoms with Crippen LogP contribution in [0.3, 0.4) is 0 Å². The molecule has 198 valence electrons. The van der Waals surface area contributed by atoms with Crippen LogP contribution in [0.4, 0.5) is 0 Å². The first-order valence-electron chi connectivity index (χ1n) is 13.3. The molecule has 0 aliphatic rings. The van der Waals surface area contributed by atoms with Gasteiger partial charge >= 0.3 is 0 Å². The van der Waals surface area contributed by atoms with Crippen LogP contribution in [0.1, 0.15) is 48.6 Å². The molecular weight excluding hydrogens is 474 g/mol. The van der Waals surface area contributed by atoms with E-state index in [1.165, 1.54) is 0 Å². The average Bonchev–Trinajstić information content (AvgIpc) is 3.30. The summed E-state index contributed by atoms with van der Waals surface area (Å²) >= 11 is 0. The Bertz CT molecular complexity index is 1380. The van der Waals surface area contributed by atoms with E-state index in [9.17, 15) is 9.59 Å². The lowest BCUT2D eigenvalue weighted by atomic mass is 10.0. The fraction of sp³-hybridized carbons (Fsp3) is 0.355. The zero-order valence-electron chi connectivity index (χ0n) is 22.7. The summed E-state index contributed by atoms with van der Waals surface area (Å²) in [6.45, 7) is 9.29. The van der Waals surface area contributed by atoms with Gasteiger partial charge < -0.3 is 10.2 Å². The molecule has 0 bridgehead atoms. The topological polar surface area (TPSA) is 80.1 Å². The van der Waals surface area contributed by atoms with Crippen molar-refractivity contribution in [3.8, 4) is 0 Å². The van der Waals surface area contributed by atoms with Crippen LogP contribution in [0.2, 0.25) is 0 Å². The molecule has 4 aromatic rings. The molecule has 7 nitrogen and oxygen atoms in total. The van der Waals surface area contributed by atoms with Crippen LogP contribution in [0, 0.1) is 19.8 Å². The number of nitrogens with zero attached hydrogens (tertiary/aromatic N) is 4. The Balaban J connectivity index is 1.68. The van der Waals surface area contributed by atoms with Crippen molar-refractivity contribution in [3.63, 3.8) is 0 Å². The average molecular weight is 512 g/mol. The number of aromatic nitrogens is 3. The van der Waals surface area contributed by atoms with Crippen molar-refractivity contribution in [3.05, 3.63) is 95.1 Å². The number of nitrogens with one attached hydrogen (secondary N) is 1. The number of benzene rings is 3. The zero-order chi connectivity index (χ0) is 27.1. The van der Waals surface area contributed by atoms with Gasteiger partial charge in [0.25, 0.3) is 0 Å². The van der Waals surface area contributed by atoms with E-state index in [0.717, 1.165) is 39.7 Å². The molecule has 1 aromatic heterocycles. The summed E-state index contributed by atoms with van der Waals surface area (Å²) in [6.07, 6.45) is 1.51. The number of amides is 2. The van der Waals surface area contributed by atoms with Crippen molar-refractivity contribution in [2.75, 3.05) is 13.1 Å². The highest BCUT2D eigenvalue weighted by molar-refractivity contribution is 5.89. The third kappa shape index (κ3) is 6.65. The lowest BCUT2D eigenvalue weighted by Gasteiger charge is -2.32. The highest BCUT2D eigenvalue weighted by atomic mass is 16.2. The van der Waals surface area contributed by atoms with Gasteiger partial charge in [0.15, 0.2) is 0 Å². The SMILES string of the molecule is Cc1ccc([C@@H](C(=O)NCCC(C)C)N(CCc2ccccc2C)C(=O)Cn2nnc3ccccc32)cc1. The summed E-state index contributed by atoms with van der Waals surface area (Å²) in [5, 5.41) is 11.5. The molecule has 0 aliphatic carbocycles. The maximum atomic E-state index is 14.0. The minimum atomic E-state index is -0.755. The third-order valence-electron chi connectivity index (χ3n) is 6.88. The lowest BCUT2D eigenvalue weighted by molar-refractivity contribution is -0.141. The van der Waals surface area contributed by atoms with Crippen LogP contribution in [0.5, 0.6) is 0 Å². The van der Waals surface area contributed by atoms with Gasteiger partial charge in [0.1, 0.15) is 18.1 Å². The van der Waals surface area contributed by atoms with Gasteiger partial charge in [-0.2, -0.15) is 0 Å². The van der Waals surface area contributed by atoms with Gasteiger partial charge in [-0.25, -0.2) is 4.68 Å². The van der Waals surface area contributed by atoms with Crippen LogP contribution < -0.4 is 5.32 Å². The molecule has 0 fully saturated rings. The fourth-order valence-corrected chi connectivity index (χ4v) is 4.58. The van der Waals surface area contributed by atoms with Gasteiger partial charge in [-0.3, -0.25) is 9.59 Å². The van der Waals surface area contributed by atoms with Gasteiger partial charge in [0.2, 0.25) is 11.8 Å². The molecule has 1 heterocycles. The number of hydrogen-bond acceptors (Lipinski definition) is 4. The summed E-state index contributed by atoms with van der Waals surface area (Å²) < 4.78 is 1.61. The Morgan fingerprint density at radius 2 is 1.66 bits per heavy atom. The first-order chi connectivity index (χ1) is 18.3. The molecule has 2 amide bonds. The highest BCUT2D eigenvalue weighted by Gasteiger charge is 2.31. The van der Waals surface area contributed by atoms with Gasteiger partial charge in [-0.1, -0.05) is 85.3 Å². The molecule has 0 radical (unpaired) electrons. The van der Waals surface area contributed by atoms with Crippen molar-refractivity contribution in [1.29, 1.82) is 0 Å². The molecule has 0 saturated carbocycles. The Kier molecular flexibility index (Phi) is 8.89. The number of fused-ring (bicyclic) bond motifs is 1. The summed E-state index contributed by atoms with van der Waals surface area (Å²) in [4.78, 5) is 29.4. The van der Waals surface area contributed by atoms with Crippen molar-refractivity contribution in [2.24, 2.45) is 5.92 Å². The van der Waals surface area contributed by atoms with E-state index in [1.807, 2.05) is 67.6 Å². The van der Waals surface area contributed by atoms with E-state index >= 15 is 0 Å². The summed E-state index contributed by atoms with van der Waals surface area (Å²) in [6, 6.07) is 22.8. The second kappa shape index (κ2) is 12.5. The first-order valence-corrected chi connectivity index (χ1v) is 13.3. The molecule has 0 saturated heterocycles. The van der Waals surface area contributed by atoms with Gasteiger partial charge in [-0.05, 0) is 61.4 Å². The molecule has 4 rings (SSSR count). The van der Waals surface area contributed by atoms with E-state index in [-0.39, 0.29) is 18.4 Å². The summed E-state index contributed by atoms with van der Waals surface area (Å²) in [5.74, 6) is 0.113. The van der Waals surface area contributed by atoms with Crippen LogP contribution in [-0.4, -0.2) is 44.8 Å². The van der Waals surface area contributed by atoms with Crippen LogP contribution in [-0.2, 0) is 22.6 Å². The second-order valence-electron chi connectivity index (χ2n) is 10.3. The summed E-state index contributed by atoms with van der Waals surface area (Å²) in [5.41, 5.74) is 5.72. The fourth-order valence-electron chi connectivity index (χ4n) is 4.58. The standard InChI is InChI=1S/C31H37N5O2/c1-22(2)17-19-32-31(38)30(26-15-13-23(3)14-16-26)35(20-18-25-10-6-5-9-24(25)4)29(37)21-36-28-12-8-7-11-27(28)33-34-36/h5-16,22,30H,17-21H2,1-4H3,(H,32,38)/t30-/m0/s1. The summed E-state index contributed by atoms with van der Waals surface area (Å²) in [7, 11) is 0. The van der Waals surface area contributed by atoms with Crippen molar-refractivity contribution >= 4 is 22.8 Å². The second-order valence-corrected chi connectivity index (χ2v) is 10.3. The molecule has 38 heavy (non-hydrogen) atoms. The number of para-hydroxylation sites is 1. The van der Waals surface area contributed by atoms with E-state index in [0.29, 0.717) is 25.4 Å². The molecule has 0 aliphatic heterocycles. The predicted molar refractivity (Wildman–Crippen MR) is 151 cm³/mol. The third-order valence-corrected chi connectivity index (χ3v) is 6.88. The number of aryl methyl sites for hydroxylation is 2. The molecule has 1 N–H and O–H groups in total. The quantitative estimate of drug-likeness (QED) is 0.307. The van der Waals surface area contributed by atoms with Gasteiger partial charge in [0.05, 0.1) is 5.52 Å². The molecular formula is C31H37N5O2. The molecule has 7 heteroatoms. The zero-order valence-corrected chi connectivity index (χ0v) is 22.7. The van der Waals surface area contributed by atoms with Crippen LogP contribution in [0.25, 0.3) is 11.0 Å². The monoisotopic (exact) mass is 511 g/mol. The lowest BCUT2D eigenvalue weighted by Crippen LogP contribution is -2.46. The van der Waals surface area contributed by atoms with Crippen molar-refractivity contribution < 1.29 is 9.59 Å². The van der Waals surface area contributed by atoms with E-state index in [1.54, 1.807) is 9.58 Å². The highest BCUT2D eigenvalue weighted by Crippen LogP contribution is 2.24. The maximum absolute atomic E-state index is 14.0. The minimum absolute atomic E-state index is 0.00405. The normalized spacial score (nSPS) is 12.0.